The molecule has 0 spiro atoms. The summed E-state index contributed by atoms with van der Waals surface area (Å²) in [7, 11) is 0. The average molecular weight is 259 g/mol. The first-order valence-electron chi connectivity index (χ1n) is 3.28. The van der Waals surface area contributed by atoms with E-state index in [1.165, 1.54) is 5.56 Å². The third-order valence-electron chi connectivity index (χ3n) is 1.52. The van der Waals surface area contributed by atoms with Gasteiger partial charge in [-0.2, -0.15) is 0 Å². The Morgan fingerprint density at radius 1 is 1.45 bits per heavy atom. The van der Waals surface area contributed by atoms with E-state index in [1.807, 2.05) is 25.1 Å². The molecule has 0 aliphatic carbocycles. The molecular weight excluding hydrogens is 253 g/mol. The Balaban J connectivity index is 2.82. The molecule has 0 fully saturated rings. The average Bonchev–Trinajstić information content (AvgIpc) is 2.27. The number of fused-ring (bicyclic) bond motifs is 1. The van der Waals surface area contributed by atoms with Crippen molar-refractivity contribution in [2.45, 2.75) is 6.92 Å². The largest absolute Gasteiger partial charge is 0.432 e. The minimum Gasteiger partial charge on any atom is -0.432 e. The standard InChI is InChI=1S/C8H6INO/c1-5-2-3-6-7(4-5)11-8(9)10-6/h2-4H,1H3. The Bertz CT molecular complexity index is 394. The van der Waals surface area contributed by atoms with Crippen LogP contribution in [-0.2, 0) is 0 Å². The summed E-state index contributed by atoms with van der Waals surface area (Å²) in [5, 5.41) is 0. The fourth-order valence-electron chi connectivity index (χ4n) is 1.00. The number of hydrogen-bond acceptors (Lipinski definition) is 2. The van der Waals surface area contributed by atoms with Crippen molar-refractivity contribution in [3.63, 3.8) is 0 Å². The van der Waals surface area contributed by atoms with E-state index < -0.39 is 0 Å². The second-order valence-corrected chi connectivity index (χ2v) is 3.36. The van der Waals surface area contributed by atoms with Crippen LogP contribution in [-0.4, -0.2) is 4.98 Å². The molecule has 0 aliphatic heterocycles. The highest BCUT2D eigenvalue weighted by Crippen LogP contribution is 2.17. The van der Waals surface area contributed by atoms with Crippen molar-refractivity contribution in [3.05, 3.63) is 27.7 Å². The summed E-state index contributed by atoms with van der Waals surface area (Å²) in [6, 6.07) is 5.99. The van der Waals surface area contributed by atoms with Gasteiger partial charge in [0.25, 0.3) is 3.90 Å². The lowest BCUT2D eigenvalue weighted by Gasteiger charge is -1.87. The number of hydrogen-bond donors (Lipinski definition) is 0. The Morgan fingerprint density at radius 2 is 2.27 bits per heavy atom. The van der Waals surface area contributed by atoms with Crippen LogP contribution < -0.4 is 0 Å². The Labute approximate surface area is 77.8 Å². The molecule has 3 heteroatoms. The van der Waals surface area contributed by atoms with Gasteiger partial charge in [0.1, 0.15) is 5.52 Å². The van der Waals surface area contributed by atoms with Gasteiger partial charge in [-0.05, 0) is 24.6 Å². The van der Waals surface area contributed by atoms with E-state index in [4.69, 9.17) is 4.42 Å². The zero-order chi connectivity index (χ0) is 7.84. The van der Waals surface area contributed by atoms with Crippen LogP contribution in [0.25, 0.3) is 11.1 Å². The second kappa shape index (κ2) is 2.48. The van der Waals surface area contributed by atoms with Gasteiger partial charge in [0.15, 0.2) is 5.58 Å². The van der Waals surface area contributed by atoms with Crippen molar-refractivity contribution in [2.24, 2.45) is 0 Å². The van der Waals surface area contributed by atoms with Crippen LogP contribution in [0.15, 0.2) is 22.6 Å². The van der Waals surface area contributed by atoms with Crippen LogP contribution in [0.3, 0.4) is 0 Å². The van der Waals surface area contributed by atoms with E-state index in [9.17, 15) is 0 Å². The fraction of sp³-hybridized carbons (Fsp3) is 0.125. The van der Waals surface area contributed by atoms with Crippen molar-refractivity contribution in [2.75, 3.05) is 0 Å². The molecule has 1 heterocycles. The van der Waals surface area contributed by atoms with Crippen LogP contribution in [0.4, 0.5) is 0 Å². The molecule has 11 heavy (non-hydrogen) atoms. The minimum absolute atomic E-state index is 0.697. The molecule has 1 aromatic heterocycles. The number of oxazole rings is 1. The molecule has 0 N–H and O–H groups in total. The van der Waals surface area contributed by atoms with Crippen molar-refractivity contribution in [1.29, 1.82) is 0 Å². The Hall–Kier alpha value is -0.580. The molecule has 2 aromatic rings. The summed E-state index contributed by atoms with van der Waals surface area (Å²) < 4.78 is 6.02. The molecule has 0 saturated carbocycles. The minimum atomic E-state index is 0.697. The van der Waals surface area contributed by atoms with Gasteiger partial charge in [0.05, 0.1) is 0 Å². The van der Waals surface area contributed by atoms with Crippen LogP contribution in [0.2, 0.25) is 0 Å². The molecule has 0 amide bonds. The highest BCUT2D eigenvalue weighted by Gasteiger charge is 2.00. The van der Waals surface area contributed by atoms with Crippen molar-refractivity contribution < 1.29 is 4.42 Å². The number of halogens is 1. The van der Waals surface area contributed by atoms with E-state index in [2.05, 4.69) is 27.6 Å². The molecule has 0 bridgehead atoms. The lowest BCUT2D eigenvalue weighted by Crippen LogP contribution is -1.70. The van der Waals surface area contributed by atoms with E-state index in [0.717, 1.165) is 11.1 Å². The zero-order valence-electron chi connectivity index (χ0n) is 5.97. The van der Waals surface area contributed by atoms with Crippen molar-refractivity contribution in [3.8, 4) is 0 Å². The number of nitrogens with zero attached hydrogens (tertiary/aromatic N) is 1. The third-order valence-corrected chi connectivity index (χ3v) is 1.98. The van der Waals surface area contributed by atoms with Gasteiger partial charge in [-0.1, -0.05) is 6.07 Å². The predicted molar refractivity (Wildman–Crippen MR) is 51.5 cm³/mol. The molecule has 2 nitrogen and oxygen atoms in total. The van der Waals surface area contributed by atoms with Crippen molar-refractivity contribution in [1.82, 2.24) is 4.98 Å². The van der Waals surface area contributed by atoms with Crippen LogP contribution >= 0.6 is 22.6 Å². The topological polar surface area (TPSA) is 26.0 Å². The summed E-state index contributed by atoms with van der Waals surface area (Å²) in [5.41, 5.74) is 3.00. The predicted octanol–water partition coefficient (Wildman–Crippen LogP) is 2.74. The SMILES string of the molecule is Cc1ccc2nc(I)oc2c1. The van der Waals surface area contributed by atoms with Gasteiger partial charge >= 0.3 is 0 Å². The summed E-state index contributed by atoms with van der Waals surface area (Å²) >= 11 is 2.07. The molecule has 2 rings (SSSR count). The van der Waals surface area contributed by atoms with Gasteiger partial charge in [0.2, 0.25) is 0 Å². The molecule has 0 saturated heterocycles. The summed E-state index contributed by atoms with van der Waals surface area (Å²) in [4.78, 5) is 4.17. The van der Waals surface area contributed by atoms with Gasteiger partial charge in [-0.3, -0.25) is 0 Å². The fourth-order valence-corrected chi connectivity index (χ4v) is 1.50. The normalized spacial score (nSPS) is 10.7. The van der Waals surface area contributed by atoms with Gasteiger partial charge < -0.3 is 4.42 Å². The maximum Gasteiger partial charge on any atom is 0.258 e. The quantitative estimate of drug-likeness (QED) is 0.680. The van der Waals surface area contributed by atoms with Gasteiger partial charge in [0, 0.05) is 22.6 Å². The lowest BCUT2D eigenvalue weighted by atomic mass is 10.2. The molecule has 0 atom stereocenters. The van der Waals surface area contributed by atoms with E-state index >= 15 is 0 Å². The number of benzene rings is 1. The summed E-state index contributed by atoms with van der Waals surface area (Å²) in [6.07, 6.45) is 0. The smallest absolute Gasteiger partial charge is 0.258 e. The molecular formula is C8H6INO. The Kier molecular flexibility index (Phi) is 1.60. The number of aromatic nitrogens is 1. The van der Waals surface area contributed by atoms with Crippen molar-refractivity contribution >= 4 is 33.7 Å². The summed E-state index contributed by atoms with van der Waals surface area (Å²) in [6.45, 7) is 2.04. The van der Waals surface area contributed by atoms with E-state index in [-0.39, 0.29) is 0 Å². The highest BCUT2D eigenvalue weighted by atomic mass is 127. The Morgan fingerprint density at radius 3 is 3.09 bits per heavy atom. The first kappa shape index (κ1) is 7.09. The second-order valence-electron chi connectivity index (χ2n) is 2.44. The molecule has 1 aromatic carbocycles. The number of rotatable bonds is 0. The first-order chi connectivity index (χ1) is 5.25. The highest BCUT2D eigenvalue weighted by molar-refractivity contribution is 14.1. The maximum absolute atomic E-state index is 5.32. The van der Waals surface area contributed by atoms with Crippen LogP contribution in [0, 0.1) is 10.8 Å². The van der Waals surface area contributed by atoms with Gasteiger partial charge in [-0.25, -0.2) is 4.98 Å². The van der Waals surface area contributed by atoms with Gasteiger partial charge in [-0.15, -0.1) is 0 Å². The van der Waals surface area contributed by atoms with E-state index in [0.29, 0.717) is 3.90 Å². The van der Waals surface area contributed by atoms with Crippen LogP contribution in [0.5, 0.6) is 0 Å². The third kappa shape index (κ3) is 1.24. The molecule has 0 unspecified atom stereocenters. The summed E-state index contributed by atoms with van der Waals surface area (Å²) in [5.74, 6) is 0. The monoisotopic (exact) mass is 259 g/mol. The maximum atomic E-state index is 5.32. The molecule has 0 aliphatic rings. The number of aryl methyl sites for hydroxylation is 1. The lowest BCUT2D eigenvalue weighted by molar-refractivity contribution is 0.566. The first-order valence-corrected chi connectivity index (χ1v) is 4.36. The van der Waals surface area contributed by atoms with E-state index in [1.54, 1.807) is 0 Å². The molecule has 56 valence electrons. The molecule has 0 radical (unpaired) electrons. The zero-order valence-corrected chi connectivity index (χ0v) is 8.12. The van der Waals surface area contributed by atoms with Crippen LogP contribution in [0.1, 0.15) is 5.56 Å².